The number of carboxylic acids is 1. The van der Waals surface area contributed by atoms with Crippen LogP contribution in [0.3, 0.4) is 0 Å². The molecule has 0 unspecified atom stereocenters. The average molecular weight is 448 g/mol. The Morgan fingerprint density at radius 2 is 1.91 bits per heavy atom. The zero-order valence-electron chi connectivity index (χ0n) is 17.1. The molecule has 0 atom stereocenters. The highest BCUT2D eigenvalue weighted by Gasteiger charge is 2.21. The van der Waals surface area contributed by atoms with Crippen LogP contribution < -0.4 is 27.2 Å². The van der Waals surface area contributed by atoms with Crippen LogP contribution in [0.15, 0.2) is 46.1 Å². The number of carboxylic acid groups (broad SMARTS) is 1. The Kier molecular flexibility index (Phi) is 5.18. The van der Waals surface area contributed by atoms with E-state index in [1.165, 1.54) is 0 Å². The Labute approximate surface area is 184 Å². The fourth-order valence-corrected chi connectivity index (χ4v) is 3.24. The van der Waals surface area contributed by atoms with Crippen molar-refractivity contribution >= 4 is 34.8 Å². The highest BCUT2D eigenvalue weighted by atomic mass is 16.4. The summed E-state index contributed by atoms with van der Waals surface area (Å²) in [5.41, 5.74) is 5.06. The molecule has 4 rings (SSSR count). The Hall–Kier alpha value is -4.87. The van der Waals surface area contributed by atoms with Crippen molar-refractivity contribution in [1.29, 1.82) is 0 Å². The average Bonchev–Trinajstić information content (AvgIpc) is 3.24. The third kappa shape index (κ3) is 3.80. The number of carbonyl (C=O) groups is 3. The second-order valence-corrected chi connectivity index (χ2v) is 7.16. The predicted molar refractivity (Wildman–Crippen MR) is 115 cm³/mol. The van der Waals surface area contributed by atoms with E-state index in [2.05, 4.69) is 20.7 Å². The fourth-order valence-electron chi connectivity index (χ4n) is 3.24. The molecule has 0 fully saturated rings. The molecular weight excluding hydrogens is 432 g/mol. The number of rotatable bonds is 7. The molecule has 0 aliphatic rings. The minimum Gasteiger partial charge on any atom is -0.477 e. The normalized spacial score (nSPS) is 10.9. The summed E-state index contributed by atoms with van der Waals surface area (Å²) in [5, 5.41) is 18.7. The van der Waals surface area contributed by atoms with Crippen molar-refractivity contribution in [3.63, 3.8) is 0 Å². The van der Waals surface area contributed by atoms with Crippen molar-refractivity contribution in [2.75, 3.05) is 5.32 Å². The standard InChI is InChI=1S/C21H16N6O6/c1-9-15(17(29)16(9)28)25-11-4-2-3-10(5-11)7-23-20(31)13-6-14(21(32)33)27-19(26-13)12(8-24-27)18(22)30/h2-6,8,25H,7H2,1H3,(H2,22,30)(H,23,31)(H,32,33). The molecule has 2 aromatic heterocycles. The van der Waals surface area contributed by atoms with Gasteiger partial charge in [0.1, 0.15) is 11.3 Å². The van der Waals surface area contributed by atoms with Crippen LogP contribution in [0.4, 0.5) is 11.4 Å². The molecule has 33 heavy (non-hydrogen) atoms. The van der Waals surface area contributed by atoms with Gasteiger partial charge in [-0.25, -0.2) is 14.3 Å². The van der Waals surface area contributed by atoms with Crippen molar-refractivity contribution in [2.45, 2.75) is 13.5 Å². The lowest BCUT2D eigenvalue weighted by Gasteiger charge is -2.12. The summed E-state index contributed by atoms with van der Waals surface area (Å²) in [4.78, 5) is 62.9. The van der Waals surface area contributed by atoms with Gasteiger partial charge in [-0.15, -0.1) is 0 Å². The van der Waals surface area contributed by atoms with Crippen molar-refractivity contribution in [3.05, 3.63) is 85.1 Å². The second-order valence-electron chi connectivity index (χ2n) is 7.16. The van der Waals surface area contributed by atoms with Gasteiger partial charge in [-0.2, -0.15) is 5.10 Å². The van der Waals surface area contributed by atoms with Crippen LogP contribution in [-0.2, 0) is 6.54 Å². The third-order valence-corrected chi connectivity index (χ3v) is 4.99. The van der Waals surface area contributed by atoms with Crippen LogP contribution in [0.1, 0.15) is 42.5 Å². The number of anilines is 2. The number of amides is 2. The molecule has 5 N–H and O–H groups in total. The maximum absolute atomic E-state index is 12.7. The lowest BCUT2D eigenvalue weighted by Crippen LogP contribution is -2.36. The van der Waals surface area contributed by atoms with Crippen LogP contribution in [0.5, 0.6) is 0 Å². The molecule has 0 aliphatic carbocycles. The zero-order valence-corrected chi connectivity index (χ0v) is 17.1. The van der Waals surface area contributed by atoms with Crippen LogP contribution in [0, 0.1) is 6.92 Å². The zero-order chi connectivity index (χ0) is 23.9. The smallest absolute Gasteiger partial charge is 0.354 e. The molecule has 12 heteroatoms. The van der Waals surface area contributed by atoms with E-state index >= 15 is 0 Å². The highest BCUT2D eigenvalue weighted by Crippen LogP contribution is 2.18. The lowest BCUT2D eigenvalue weighted by molar-refractivity contribution is 0.0686. The van der Waals surface area contributed by atoms with E-state index < -0.39 is 28.6 Å². The number of benzene rings is 1. The van der Waals surface area contributed by atoms with Gasteiger partial charge >= 0.3 is 5.97 Å². The summed E-state index contributed by atoms with van der Waals surface area (Å²) in [6.07, 6.45) is 1.08. The maximum Gasteiger partial charge on any atom is 0.354 e. The van der Waals surface area contributed by atoms with Gasteiger partial charge in [-0.1, -0.05) is 12.1 Å². The van der Waals surface area contributed by atoms with Crippen molar-refractivity contribution in [2.24, 2.45) is 5.73 Å². The number of primary amides is 1. The molecule has 0 spiro atoms. The molecule has 12 nitrogen and oxygen atoms in total. The van der Waals surface area contributed by atoms with Gasteiger partial charge in [0, 0.05) is 23.9 Å². The first-order chi connectivity index (χ1) is 15.7. The second kappa shape index (κ2) is 8.00. The van der Waals surface area contributed by atoms with E-state index in [-0.39, 0.29) is 34.8 Å². The number of hydrogen-bond donors (Lipinski definition) is 4. The number of hydrogen-bond acceptors (Lipinski definition) is 8. The first-order valence-corrected chi connectivity index (χ1v) is 9.53. The SMILES string of the molecule is Cc1c(Nc2cccc(CNC(=O)c3cc(C(=O)O)n4ncc(C(N)=O)c4n3)c2)c(=O)c1=O. The molecule has 2 heterocycles. The van der Waals surface area contributed by atoms with Crippen LogP contribution in [-0.4, -0.2) is 37.5 Å². The summed E-state index contributed by atoms with van der Waals surface area (Å²) in [6, 6.07) is 7.83. The summed E-state index contributed by atoms with van der Waals surface area (Å²) < 4.78 is 0.914. The number of nitrogens with one attached hydrogen (secondary N) is 2. The Bertz CT molecular complexity index is 1530. The summed E-state index contributed by atoms with van der Waals surface area (Å²) in [6.45, 7) is 1.60. The quantitative estimate of drug-likeness (QED) is 0.285. The van der Waals surface area contributed by atoms with Crippen LogP contribution in [0.2, 0.25) is 0 Å². The largest absolute Gasteiger partial charge is 0.477 e. The van der Waals surface area contributed by atoms with E-state index in [1.54, 1.807) is 31.2 Å². The van der Waals surface area contributed by atoms with Gasteiger partial charge in [0.15, 0.2) is 11.3 Å². The van der Waals surface area contributed by atoms with Gasteiger partial charge in [0.2, 0.25) is 10.9 Å². The van der Waals surface area contributed by atoms with Crippen molar-refractivity contribution in [1.82, 2.24) is 19.9 Å². The Morgan fingerprint density at radius 3 is 2.58 bits per heavy atom. The Balaban J connectivity index is 1.55. The van der Waals surface area contributed by atoms with Gasteiger partial charge in [-0.05, 0) is 24.6 Å². The van der Waals surface area contributed by atoms with E-state index in [9.17, 15) is 29.1 Å². The first-order valence-electron chi connectivity index (χ1n) is 9.53. The van der Waals surface area contributed by atoms with Gasteiger partial charge < -0.3 is 21.5 Å². The maximum atomic E-state index is 12.7. The number of aromatic nitrogens is 3. The molecule has 2 aromatic carbocycles. The Morgan fingerprint density at radius 1 is 1.15 bits per heavy atom. The summed E-state index contributed by atoms with van der Waals surface area (Å²) in [7, 11) is 0. The first kappa shape index (κ1) is 21.4. The minimum atomic E-state index is -1.37. The number of nitrogens with zero attached hydrogens (tertiary/aromatic N) is 3. The van der Waals surface area contributed by atoms with Gasteiger partial charge in [0.25, 0.3) is 11.8 Å². The number of nitrogens with two attached hydrogens (primary N) is 1. The molecule has 0 aliphatic heterocycles. The van der Waals surface area contributed by atoms with Crippen LogP contribution >= 0.6 is 0 Å². The predicted octanol–water partition coefficient (Wildman–Crippen LogP) is 0.104. The van der Waals surface area contributed by atoms with Crippen molar-refractivity contribution < 1.29 is 19.5 Å². The van der Waals surface area contributed by atoms with E-state index in [0.29, 0.717) is 16.8 Å². The molecule has 166 valence electrons. The molecule has 2 amide bonds. The van der Waals surface area contributed by atoms with Crippen molar-refractivity contribution in [3.8, 4) is 0 Å². The van der Waals surface area contributed by atoms with Gasteiger partial charge in [-0.3, -0.25) is 19.2 Å². The monoisotopic (exact) mass is 448 g/mol. The van der Waals surface area contributed by atoms with E-state index in [0.717, 1.165) is 16.8 Å². The van der Waals surface area contributed by atoms with E-state index in [4.69, 9.17) is 5.73 Å². The molecule has 0 radical (unpaired) electrons. The highest BCUT2D eigenvalue weighted by molar-refractivity contribution is 6.01. The molecule has 0 saturated heterocycles. The fraction of sp³-hybridized carbons (Fsp3) is 0.0952. The third-order valence-electron chi connectivity index (χ3n) is 4.99. The molecule has 0 saturated carbocycles. The number of carbonyl (C=O) groups excluding carboxylic acids is 2. The lowest BCUT2D eigenvalue weighted by atomic mass is 10.1. The number of aromatic carboxylic acids is 1. The summed E-state index contributed by atoms with van der Waals surface area (Å²) >= 11 is 0. The number of fused-ring (bicyclic) bond motifs is 1. The molecule has 0 bridgehead atoms. The van der Waals surface area contributed by atoms with E-state index in [1.807, 2.05) is 0 Å². The molecular formula is C21H16N6O6. The van der Waals surface area contributed by atoms with Crippen LogP contribution in [0.25, 0.3) is 5.65 Å². The molecule has 4 aromatic rings. The summed E-state index contributed by atoms with van der Waals surface area (Å²) in [5.74, 6) is -2.93. The minimum absolute atomic E-state index is 0.0520. The topological polar surface area (TPSA) is 186 Å². The van der Waals surface area contributed by atoms with Gasteiger partial charge in [0.05, 0.1) is 11.9 Å².